The third kappa shape index (κ3) is 7.33. The van der Waals surface area contributed by atoms with Gasteiger partial charge in [0.25, 0.3) is 0 Å². The van der Waals surface area contributed by atoms with Gasteiger partial charge in [-0.25, -0.2) is 4.79 Å². The zero-order valence-electron chi connectivity index (χ0n) is 9.95. The predicted molar refractivity (Wildman–Crippen MR) is 57.8 cm³/mol. The Labute approximate surface area is 91.9 Å². The van der Waals surface area contributed by atoms with E-state index in [0.29, 0.717) is 32.8 Å². The normalized spacial score (nSPS) is 12.5. The minimum atomic E-state index is -0.435. The van der Waals surface area contributed by atoms with Crippen LogP contribution in [0, 0.1) is 0 Å². The minimum Gasteiger partial charge on any atom is -0.464 e. The SMILES string of the molecule is CCCC(OCCOCC)C(=O)OCC. The highest BCUT2D eigenvalue weighted by Crippen LogP contribution is 2.04. The van der Waals surface area contributed by atoms with Gasteiger partial charge in [-0.05, 0) is 20.3 Å². The molecule has 0 aromatic carbocycles. The largest absolute Gasteiger partial charge is 0.464 e. The van der Waals surface area contributed by atoms with Crippen molar-refractivity contribution < 1.29 is 19.0 Å². The average molecular weight is 218 g/mol. The summed E-state index contributed by atoms with van der Waals surface area (Å²) in [6, 6.07) is 0. The molecule has 0 aliphatic heterocycles. The van der Waals surface area contributed by atoms with Crippen molar-refractivity contribution >= 4 is 5.97 Å². The molecule has 0 spiro atoms. The van der Waals surface area contributed by atoms with Gasteiger partial charge >= 0.3 is 5.97 Å². The van der Waals surface area contributed by atoms with E-state index in [2.05, 4.69) is 0 Å². The first-order chi connectivity index (χ1) is 7.26. The fourth-order valence-electron chi connectivity index (χ4n) is 1.16. The lowest BCUT2D eigenvalue weighted by molar-refractivity contribution is -0.158. The van der Waals surface area contributed by atoms with Crippen molar-refractivity contribution in [3.05, 3.63) is 0 Å². The quantitative estimate of drug-likeness (QED) is 0.437. The summed E-state index contributed by atoms with van der Waals surface area (Å²) >= 11 is 0. The predicted octanol–water partition coefficient (Wildman–Crippen LogP) is 1.77. The maximum absolute atomic E-state index is 11.4. The van der Waals surface area contributed by atoms with Crippen LogP contribution in [0.25, 0.3) is 0 Å². The summed E-state index contributed by atoms with van der Waals surface area (Å²) in [6.45, 7) is 7.76. The Morgan fingerprint density at radius 3 is 2.40 bits per heavy atom. The molecule has 1 unspecified atom stereocenters. The molecular formula is C11H22O4. The Morgan fingerprint density at radius 2 is 1.87 bits per heavy atom. The fraction of sp³-hybridized carbons (Fsp3) is 0.909. The zero-order chi connectivity index (χ0) is 11.5. The van der Waals surface area contributed by atoms with Crippen LogP contribution in [-0.2, 0) is 19.0 Å². The molecule has 0 bridgehead atoms. The fourth-order valence-corrected chi connectivity index (χ4v) is 1.16. The van der Waals surface area contributed by atoms with E-state index in [9.17, 15) is 4.79 Å². The van der Waals surface area contributed by atoms with Gasteiger partial charge in [-0.1, -0.05) is 13.3 Å². The number of hydrogen-bond donors (Lipinski definition) is 0. The van der Waals surface area contributed by atoms with E-state index >= 15 is 0 Å². The lowest BCUT2D eigenvalue weighted by Crippen LogP contribution is -2.28. The first-order valence-corrected chi connectivity index (χ1v) is 5.62. The summed E-state index contributed by atoms with van der Waals surface area (Å²) in [7, 11) is 0. The molecule has 0 aliphatic carbocycles. The standard InChI is InChI=1S/C11H22O4/c1-4-7-10(11(12)14-6-3)15-9-8-13-5-2/h10H,4-9H2,1-3H3. The molecule has 4 heteroatoms. The summed E-state index contributed by atoms with van der Waals surface area (Å²) in [5.74, 6) is -0.268. The van der Waals surface area contributed by atoms with Crippen molar-refractivity contribution in [3.63, 3.8) is 0 Å². The van der Waals surface area contributed by atoms with Gasteiger partial charge in [-0.3, -0.25) is 0 Å². The molecule has 0 fully saturated rings. The number of esters is 1. The van der Waals surface area contributed by atoms with E-state index in [1.54, 1.807) is 6.92 Å². The highest BCUT2D eigenvalue weighted by Gasteiger charge is 2.18. The van der Waals surface area contributed by atoms with Gasteiger partial charge in [-0.2, -0.15) is 0 Å². The Hall–Kier alpha value is -0.610. The van der Waals surface area contributed by atoms with E-state index in [1.165, 1.54) is 0 Å². The van der Waals surface area contributed by atoms with Crippen molar-refractivity contribution in [3.8, 4) is 0 Å². The minimum absolute atomic E-state index is 0.268. The van der Waals surface area contributed by atoms with Crippen LogP contribution < -0.4 is 0 Å². The van der Waals surface area contributed by atoms with Crippen molar-refractivity contribution in [1.29, 1.82) is 0 Å². The lowest BCUT2D eigenvalue weighted by Gasteiger charge is -2.15. The van der Waals surface area contributed by atoms with Gasteiger partial charge in [-0.15, -0.1) is 0 Å². The molecule has 0 rings (SSSR count). The van der Waals surface area contributed by atoms with Crippen LogP contribution in [0.2, 0.25) is 0 Å². The van der Waals surface area contributed by atoms with Crippen LogP contribution in [0.4, 0.5) is 0 Å². The molecule has 0 aliphatic rings. The number of rotatable bonds is 9. The summed E-state index contributed by atoms with van der Waals surface area (Å²) in [6.07, 6.45) is 1.17. The van der Waals surface area contributed by atoms with Crippen molar-refractivity contribution in [2.45, 2.75) is 39.7 Å². The molecule has 0 aromatic heterocycles. The highest BCUT2D eigenvalue weighted by molar-refractivity contribution is 5.74. The second-order valence-electron chi connectivity index (χ2n) is 3.10. The van der Waals surface area contributed by atoms with Crippen LogP contribution >= 0.6 is 0 Å². The number of carbonyl (C=O) groups excluding carboxylic acids is 1. The molecule has 0 aromatic rings. The van der Waals surface area contributed by atoms with Crippen LogP contribution in [0.1, 0.15) is 33.6 Å². The van der Waals surface area contributed by atoms with Gasteiger partial charge in [0.2, 0.25) is 0 Å². The summed E-state index contributed by atoms with van der Waals surface area (Å²) in [4.78, 5) is 11.4. The maximum Gasteiger partial charge on any atom is 0.335 e. The number of ether oxygens (including phenoxy) is 3. The Bertz CT molecular complexity index is 159. The lowest BCUT2D eigenvalue weighted by atomic mass is 10.2. The summed E-state index contributed by atoms with van der Waals surface area (Å²) in [5, 5.41) is 0. The molecule has 1 atom stereocenters. The topological polar surface area (TPSA) is 44.8 Å². The number of carbonyl (C=O) groups is 1. The van der Waals surface area contributed by atoms with E-state index in [0.717, 1.165) is 6.42 Å². The van der Waals surface area contributed by atoms with Crippen LogP contribution in [0.3, 0.4) is 0 Å². The Balaban J connectivity index is 3.76. The van der Waals surface area contributed by atoms with Crippen LogP contribution in [0.5, 0.6) is 0 Å². The molecule has 0 amide bonds. The van der Waals surface area contributed by atoms with Crippen molar-refractivity contribution in [1.82, 2.24) is 0 Å². The summed E-state index contributed by atoms with van der Waals surface area (Å²) < 4.78 is 15.4. The molecule has 15 heavy (non-hydrogen) atoms. The number of hydrogen-bond acceptors (Lipinski definition) is 4. The van der Waals surface area contributed by atoms with Gasteiger partial charge < -0.3 is 14.2 Å². The Kier molecular flexibility index (Phi) is 9.52. The molecule has 4 nitrogen and oxygen atoms in total. The molecule has 0 saturated carbocycles. The molecule has 0 saturated heterocycles. The average Bonchev–Trinajstić information content (AvgIpc) is 2.23. The molecule has 0 heterocycles. The molecule has 0 radical (unpaired) electrons. The van der Waals surface area contributed by atoms with Crippen LogP contribution in [-0.4, -0.2) is 38.5 Å². The van der Waals surface area contributed by atoms with Gasteiger partial charge in [0.05, 0.1) is 19.8 Å². The second kappa shape index (κ2) is 9.93. The van der Waals surface area contributed by atoms with Crippen molar-refractivity contribution in [2.75, 3.05) is 26.4 Å². The molecular weight excluding hydrogens is 196 g/mol. The Morgan fingerprint density at radius 1 is 1.13 bits per heavy atom. The van der Waals surface area contributed by atoms with Gasteiger partial charge in [0, 0.05) is 6.61 Å². The second-order valence-corrected chi connectivity index (χ2v) is 3.10. The van der Waals surface area contributed by atoms with Crippen molar-refractivity contribution in [2.24, 2.45) is 0 Å². The maximum atomic E-state index is 11.4. The van der Waals surface area contributed by atoms with Gasteiger partial charge in [0.1, 0.15) is 0 Å². The molecule has 90 valence electrons. The first-order valence-electron chi connectivity index (χ1n) is 5.62. The smallest absolute Gasteiger partial charge is 0.335 e. The van der Waals surface area contributed by atoms with E-state index in [-0.39, 0.29) is 5.97 Å². The van der Waals surface area contributed by atoms with E-state index in [4.69, 9.17) is 14.2 Å². The zero-order valence-corrected chi connectivity index (χ0v) is 9.95. The monoisotopic (exact) mass is 218 g/mol. The third-order valence-corrected chi connectivity index (χ3v) is 1.85. The first kappa shape index (κ1) is 14.4. The highest BCUT2D eigenvalue weighted by atomic mass is 16.6. The van der Waals surface area contributed by atoms with Gasteiger partial charge in [0.15, 0.2) is 6.10 Å². The van der Waals surface area contributed by atoms with E-state index in [1.807, 2.05) is 13.8 Å². The summed E-state index contributed by atoms with van der Waals surface area (Å²) in [5.41, 5.74) is 0. The van der Waals surface area contributed by atoms with E-state index < -0.39 is 6.10 Å². The van der Waals surface area contributed by atoms with Crippen LogP contribution in [0.15, 0.2) is 0 Å². The molecule has 0 N–H and O–H groups in total. The third-order valence-electron chi connectivity index (χ3n) is 1.85.